The summed E-state index contributed by atoms with van der Waals surface area (Å²) in [6, 6.07) is 19.2. The predicted molar refractivity (Wildman–Crippen MR) is 161 cm³/mol. The Bertz CT molecular complexity index is 1810. The highest BCUT2D eigenvalue weighted by Gasteiger charge is 2.33. The second-order valence-corrected chi connectivity index (χ2v) is 11.1. The van der Waals surface area contributed by atoms with E-state index in [4.69, 9.17) is 37.4 Å². The van der Waals surface area contributed by atoms with Crippen LogP contribution in [-0.2, 0) is 16.1 Å². The van der Waals surface area contributed by atoms with Crippen LogP contribution in [0.4, 0.5) is 0 Å². The molecule has 0 radical (unpaired) electrons. The van der Waals surface area contributed by atoms with Crippen molar-refractivity contribution >= 4 is 46.6 Å². The van der Waals surface area contributed by atoms with E-state index in [-0.39, 0.29) is 12.2 Å². The molecule has 10 heteroatoms. The van der Waals surface area contributed by atoms with E-state index in [0.717, 1.165) is 16.7 Å². The molecule has 0 amide bonds. The van der Waals surface area contributed by atoms with Crippen LogP contribution in [0.3, 0.4) is 0 Å². The third-order valence-electron chi connectivity index (χ3n) is 6.50. The summed E-state index contributed by atoms with van der Waals surface area (Å²) in [6.45, 7) is 4.04. The Hall–Kier alpha value is -3.85. The van der Waals surface area contributed by atoms with Crippen LogP contribution in [0.2, 0.25) is 10.0 Å². The minimum Gasteiger partial charge on any atom is -0.493 e. The lowest BCUT2D eigenvalue weighted by Crippen LogP contribution is -2.39. The van der Waals surface area contributed by atoms with Gasteiger partial charge in [-0.3, -0.25) is 9.36 Å². The highest BCUT2D eigenvalue weighted by molar-refractivity contribution is 7.07. The first-order valence-corrected chi connectivity index (χ1v) is 14.4. The van der Waals surface area contributed by atoms with Crippen LogP contribution in [0.5, 0.6) is 11.5 Å². The standard InChI is InChI=1S/C31H26Cl2N2O5S/c1-4-39-30(37)27-18(2)34-31-35(28(27)21-8-12-23(33)13-9-21)29(36)26(41-31)16-20-7-14-24(25(15-20)38-3)40-17-19-5-10-22(32)11-6-19/h5-16,28H,4,17H2,1-3H3/b26-16+/t28-/m0/s1. The third-order valence-corrected chi connectivity index (χ3v) is 7.98. The molecule has 1 aromatic heterocycles. The third kappa shape index (κ3) is 6.10. The number of thiazole rings is 1. The van der Waals surface area contributed by atoms with Gasteiger partial charge in [-0.15, -0.1) is 0 Å². The molecular weight excluding hydrogens is 583 g/mol. The van der Waals surface area contributed by atoms with Crippen LogP contribution in [-0.4, -0.2) is 24.3 Å². The van der Waals surface area contributed by atoms with Gasteiger partial charge in [-0.25, -0.2) is 9.79 Å². The Morgan fingerprint density at radius 2 is 1.71 bits per heavy atom. The number of nitrogens with zero attached hydrogens (tertiary/aromatic N) is 2. The number of carbonyl (C=O) groups excluding carboxylic acids is 1. The zero-order valence-corrected chi connectivity index (χ0v) is 24.8. The SMILES string of the molecule is CCOC(=O)C1=C(C)N=c2s/c(=C/c3ccc(OCc4ccc(Cl)cc4)c(OC)c3)c(=O)n2[C@H]1c1ccc(Cl)cc1. The molecule has 0 unspecified atom stereocenters. The molecule has 0 N–H and O–H groups in total. The molecule has 0 spiro atoms. The van der Waals surface area contributed by atoms with Crippen molar-refractivity contribution in [3.63, 3.8) is 0 Å². The highest BCUT2D eigenvalue weighted by atomic mass is 35.5. The molecule has 5 rings (SSSR count). The first-order chi connectivity index (χ1) is 19.8. The van der Waals surface area contributed by atoms with Crippen molar-refractivity contribution in [3.05, 3.63) is 124 Å². The molecule has 1 aliphatic rings. The Labute approximate surface area is 250 Å². The number of halogens is 2. The van der Waals surface area contributed by atoms with Gasteiger partial charge < -0.3 is 14.2 Å². The number of esters is 1. The fourth-order valence-corrected chi connectivity index (χ4v) is 5.84. The van der Waals surface area contributed by atoms with Gasteiger partial charge in [0.25, 0.3) is 5.56 Å². The van der Waals surface area contributed by atoms with Gasteiger partial charge in [0.15, 0.2) is 16.3 Å². The van der Waals surface area contributed by atoms with E-state index >= 15 is 0 Å². The van der Waals surface area contributed by atoms with Crippen molar-refractivity contribution in [3.8, 4) is 11.5 Å². The maximum absolute atomic E-state index is 13.8. The molecule has 7 nitrogen and oxygen atoms in total. The second kappa shape index (κ2) is 12.3. The Kier molecular flexibility index (Phi) is 8.63. The highest BCUT2D eigenvalue weighted by Crippen LogP contribution is 2.32. The van der Waals surface area contributed by atoms with E-state index in [9.17, 15) is 9.59 Å². The van der Waals surface area contributed by atoms with Crippen molar-refractivity contribution in [2.45, 2.75) is 26.5 Å². The largest absolute Gasteiger partial charge is 0.493 e. The molecular formula is C31H26Cl2N2O5S. The first kappa shape index (κ1) is 28.7. The normalized spacial score (nSPS) is 14.9. The summed E-state index contributed by atoms with van der Waals surface area (Å²) in [6.07, 6.45) is 1.78. The van der Waals surface area contributed by atoms with E-state index in [1.54, 1.807) is 68.0 Å². The number of fused-ring (bicyclic) bond motifs is 1. The van der Waals surface area contributed by atoms with E-state index in [1.807, 2.05) is 30.3 Å². The van der Waals surface area contributed by atoms with Gasteiger partial charge in [0.2, 0.25) is 0 Å². The molecule has 1 atom stereocenters. The monoisotopic (exact) mass is 608 g/mol. The van der Waals surface area contributed by atoms with Gasteiger partial charge in [0.1, 0.15) is 6.61 Å². The number of methoxy groups -OCH3 is 1. The average molecular weight is 610 g/mol. The lowest BCUT2D eigenvalue weighted by Gasteiger charge is -2.24. The van der Waals surface area contributed by atoms with E-state index in [2.05, 4.69) is 4.99 Å². The molecule has 210 valence electrons. The van der Waals surface area contributed by atoms with Crippen LogP contribution >= 0.6 is 34.5 Å². The Balaban J connectivity index is 1.53. The van der Waals surface area contributed by atoms with E-state index in [0.29, 0.717) is 48.8 Å². The maximum Gasteiger partial charge on any atom is 0.338 e. The number of ether oxygens (including phenoxy) is 3. The summed E-state index contributed by atoms with van der Waals surface area (Å²) in [5.41, 5.74) is 2.98. The fraction of sp³-hybridized carbons (Fsp3) is 0.194. The van der Waals surface area contributed by atoms with Crippen molar-refractivity contribution in [2.75, 3.05) is 13.7 Å². The zero-order chi connectivity index (χ0) is 29.1. The van der Waals surface area contributed by atoms with Crippen molar-refractivity contribution < 1.29 is 19.0 Å². The summed E-state index contributed by atoms with van der Waals surface area (Å²) in [7, 11) is 1.56. The van der Waals surface area contributed by atoms with Crippen LogP contribution < -0.4 is 24.4 Å². The number of carbonyl (C=O) groups is 1. The summed E-state index contributed by atoms with van der Waals surface area (Å²) < 4.78 is 18.9. The zero-order valence-electron chi connectivity index (χ0n) is 22.5. The molecule has 0 saturated carbocycles. The fourth-order valence-electron chi connectivity index (χ4n) is 4.54. The quantitative estimate of drug-likeness (QED) is 0.240. The lowest BCUT2D eigenvalue weighted by atomic mass is 9.96. The molecule has 3 aromatic carbocycles. The van der Waals surface area contributed by atoms with Gasteiger partial charge in [-0.1, -0.05) is 64.9 Å². The molecule has 4 aromatic rings. The number of rotatable bonds is 8. The Morgan fingerprint density at radius 3 is 2.37 bits per heavy atom. The van der Waals surface area contributed by atoms with Crippen LogP contribution in [0.25, 0.3) is 6.08 Å². The molecule has 41 heavy (non-hydrogen) atoms. The summed E-state index contributed by atoms with van der Waals surface area (Å²) in [4.78, 5) is 31.9. The van der Waals surface area contributed by atoms with Gasteiger partial charge in [-0.2, -0.15) is 0 Å². The number of benzene rings is 3. The molecule has 0 aliphatic carbocycles. The number of hydrogen-bond acceptors (Lipinski definition) is 7. The van der Waals surface area contributed by atoms with Crippen molar-refractivity contribution in [1.82, 2.24) is 4.57 Å². The lowest BCUT2D eigenvalue weighted by molar-refractivity contribution is -0.139. The summed E-state index contributed by atoms with van der Waals surface area (Å²) in [5, 5.41) is 1.21. The minimum absolute atomic E-state index is 0.203. The number of allylic oxidation sites excluding steroid dienone is 1. The van der Waals surface area contributed by atoms with Gasteiger partial charge in [0, 0.05) is 10.0 Å². The van der Waals surface area contributed by atoms with Gasteiger partial charge in [-0.05, 0) is 73.0 Å². The van der Waals surface area contributed by atoms with Gasteiger partial charge >= 0.3 is 5.97 Å². The van der Waals surface area contributed by atoms with Crippen LogP contribution in [0.1, 0.15) is 36.6 Å². The van der Waals surface area contributed by atoms with E-state index < -0.39 is 12.0 Å². The molecule has 1 aliphatic heterocycles. The summed E-state index contributed by atoms with van der Waals surface area (Å²) >= 11 is 13.3. The summed E-state index contributed by atoms with van der Waals surface area (Å²) in [5.74, 6) is 0.584. The van der Waals surface area contributed by atoms with Crippen LogP contribution in [0.15, 0.2) is 87.8 Å². The second-order valence-electron chi connectivity index (χ2n) is 9.18. The van der Waals surface area contributed by atoms with Gasteiger partial charge in [0.05, 0.1) is 35.6 Å². The van der Waals surface area contributed by atoms with Crippen LogP contribution in [0, 0.1) is 0 Å². The first-order valence-electron chi connectivity index (χ1n) is 12.8. The van der Waals surface area contributed by atoms with E-state index in [1.165, 1.54) is 11.3 Å². The molecule has 0 fully saturated rings. The van der Waals surface area contributed by atoms with Crippen molar-refractivity contribution in [1.29, 1.82) is 0 Å². The number of hydrogen-bond donors (Lipinski definition) is 0. The van der Waals surface area contributed by atoms with Crippen molar-refractivity contribution in [2.24, 2.45) is 4.99 Å². The topological polar surface area (TPSA) is 79.1 Å². The molecule has 0 bridgehead atoms. The minimum atomic E-state index is -0.706. The smallest absolute Gasteiger partial charge is 0.338 e. The molecule has 2 heterocycles. The average Bonchev–Trinajstić information content (AvgIpc) is 3.26. The number of aromatic nitrogens is 1. The predicted octanol–water partition coefficient (Wildman–Crippen LogP) is 5.69. The molecule has 0 saturated heterocycles. The Morgan fingerprint density at radius 1 is 1.02 bits per heavy atom. The maximum atomic E-state index is 13.8.